The van der Waals surface area contributed by atoms with Crippen LogP contribution in [0, 0.1) is 6.92 Å². The third kappa shape index (κ3) is 3.66. The second kappa shape index (κ2) is 5.22. The molecule has 0 fully saturated rings. The van der Waals surface area contributed by atoms with Gasteiger partial charge in [0.15, 0.2) is 0 Å². The minimum absolute atomic E-state index is 0.393. The van der Waals surface area contributed by atoms with Crippen LogP contribution in [0.5, 0.6) is 0 Å². The molecule has 0 bridgehead atoms. The number of nitrogens with two attached hydrogens (primary N) is 1. The van der Waals surface area contributed by atoms with Gasteiger partial charge >= 0.3 is 5.97 Å². The maximum Gasteiger partial charge on any atom is 0.305 e. The van der Waals surface area contributed by atoms with Crippen LogP contribution in [0.25, 0.3) is 0 Å². The Kier molecular flexibility index (Phi) is 3.96. The van der Waals surface area contributed by atoms with Crippen molar-refractivity contribution in [3.8, 4) is 0 Å². The van der Waals surface area contributed by atoms with Crippen molar-refractivity contribution in [1.29, 1.82) is 0 Å². The monoisotopic (exact) mass is 223 g/mol. The highest BCUT2D eigenvalue weighted by Crippen LogP contribution is 2.07. The summed E-state index contributed by atoms with van der Waals surface area (Å²) >= 11 is 0. The standard InChI is InChI=1S/C10H13N3O3/c1-6-4-7(2-3-12-6)13-10(16)8(11)5-9(14)15/h2-4,8H,5,11H2,1H3,(H,14,15)(H,12,13,16). The zero-order valence-electron chi connectivity index (χ0n) is 8.80. The molecule has 4 N–H and O–H groups in total. The molecular formula is C10H13N3O3. The molecule has 1 aromatic rings. The summed E-state index contributed by atoms with van der Waals surface area (Å²) in [7, 11) is 0. The van der Waals surface area contributed by atoms with E-state index in [4.69, 9.17) is 10.8 Å². The Labute approximate surface area is 92.5 Å². The summed E-state index contributed by atoms with van der Waals surface area (Å²) in [5.74, 6) is -1.62. The van der Waals surface area contributed by atoms with E-state index in [9.17, 15) is 9.59 Å². The lowest BCUT2D eigenvalue weighted by Gasteiger charge is -2.10. The number of hydrogen-bond donors (Lipinski definition) is 3. The van der Waals surface area contributed by atoms with Gasteiger partial charge in [-0.05, 0) is 19.1 Å². The number of aryl methyl sites for hydroxylation is 1. The number of amides is 1. The van der Waals surface area contributed by atoms with Crippen LogP contribution in [0.1, 0.15) is 12.1 Å². The average Bonchev–Trinajstić information content (AvgIpc) is 2.16. The summed E-state index contributed by atoms with van der Waals surface area (Å²) in [5, 5.41) is 11.0. The van der Waals surface area contributed by atoms with Crippen molar-refractivity contribution in [1.82, 2.24) is 4.98 Å². The number of nitrogens with one attached hydrogen (secondary N) is 1. The lowest BCUT2D eigenvalue weighted by Crippen LogP contribution is -2.37. The maximum absolute atomic E-state index is 11.4. The number of aromatic nitrogens is 1. The minimum Gasteiger partial charge on any atom is -0.481 e. The molecule has 0 aliphatic rings. The molecule has 0 saturated heterocycles. The number of carbonyl (C=O) groups excluding carboxylic acids is 1. The summed E-state index contributed by atoms with van der Waals surface area (Å²) in [5.41, 5.74) is 6.70. The normalized spacial score (nSPS) is 11.9. The second-order valence-corrected chi connectivity index (χ2v) is 3.38. The molecule has 0 spiro atoms. The van der Waals surface area contributed by atoms with Gasteiger partial charge in [0.05, 0.1) is 12.5 Å². The first-order chi connectivity index (χ1) is 7.49. The molecule has 0 aliphatic heterocycles. The zero-order valence-corrected chi connectivity index (χ0v) is 8.80. The SMILES string of the molecule is Cc1cc(NC(=O)C(N)CC(=O)O)ccn1. The van der Waals surface area contributed by atoms with Crippen LogP contribution < -0.4 is 11.1 Å². The lowest BCUT2D eigenvalue weighted by atomic mass is 10.2. The van der Waals surface area contributed by atoms with Gasteiger partial charge in [0, 0.05) is 17.6 Å². The highest BCUT2D eigenvalue weighted by Gasteiger charge is 2.16. The van der Waals surface area contributed by atoms with Gasteiger partial charge in [-0.2, -0.15) is 0 Å². The van der Waals surface area contributed by atoms with Crippen LogP contribution in [0.15, 0.2) is 18.3 Å². The summed E-state index contributed by atoms with van der Waals surface area (Å²) < 4.78 is 0. The fourth-order valence-corrected chi connectivity index (χ4v) is 1.14. The predicted octanol–water partition coefficient (Wildman–Crippen LogP) is 0.131. The van der Waals surface area contributed by atoms with E-state index in [1.807, 2.05) is 0 Å². The molecule has 0 aliphatic carbocycles. The Balaban J connectivity index is 2.60. The third-order valence-electron chi connectivity index (χ3n) is 1.90. The van der Waals surface area contributed by atoms with Gasteiger partial charge in [-0.1, -0.05) is 0 Å². The van der Waals surface area contributed by atoms with E-state index in [0.717, 1.165) is 5.69 Å². The van der Waals surface area contributed by atoms with Gasteiger partial charge < -0.3 is 16.2 Å². The lowest BCUT2D eigenvalue weighted by molar-refractivity contribution is -0.138. The Morgan fingerprint density at radius 1 is 1.62 bits per heavy atom. The molecule has 86 valence electrons. The molecular weight excluding hydrogens is 210 g/mol. The largest absolute Gasteiger partial charge is 0.481 e. The molecule has 1 heterocycles. The fourth-order valence-electron chi connectivity index (χ4n) is 1.14. The van der Waals surface area contributed by atoms with Crippen molar-refractivity contribution in [3.05, 3.63) is 24.0 Å². The summed E-state index contributed by atoms with van der Waals surface area (Å²) in [4.78, 5) is 25.8. The number of carboxylic acid groups (broad SMARTS) is 1. The number of pyridine rings is 1. The Morgan fingerprint density at radius 2 is 2.31 bits per heavy atom. The molecule has 6 nitrogen and oxygen atoms in total. The first-order valence-electron chi connectivity index (χ1n) is 4.70. The van der Waals surface area contributed by atoms with Crippen LogP contribution in [-0.2, 0) is 9.59 Å². The number of rotatable bonds is 4. The van der Waals surface area contributed by atoms with Crippen molar-refractivity contribution in [2.45, 2.75) is 19.4 Å². The summed E-state index contributed by atoms with van der Waals surface area (Å²) in [6.07, 6.45) is 1.16. The third-order valence-corrected chi connectivity index (χ3v) is 1.90. The summed E-state index contributed by atoms with van der Waals surface area (Å²) in [6.45, 7) is 1.78. The molecule has 0 aromatic carbocycles. The predicted molar refractivity (Wildman–Crippen MR) is 57.8 cm³/mol. The molecule has 1 aromatic heterocycles. The Hall–Kier alpha value is -1.95. The molecule has 1 amide bonds. The second-order valence-electron chi connectivity index (χ2n) is 3.38. The minimum atomic E-state index is -1.10. The van der Waals surface area contributed by atoms with Crippen molar-refractivity contribution in [2.24, 2.45) is 5.73 Å². The number of anilines is 1. The van der Waals surface area contributed by atoms with E-state index < -0.39 is 24.3 Å². The van der Waals surface area contributed by atoms with Gasteiger partial charge in [0.2, 0.25) is 5.91 Å². The number of hydrogen-bond acceptors (Lipinski definition) is 4. The van der Waals surface area contributed by atoms with E-state index in [2.05, 4.69) is 10.3 Å². The van der Waals surface area contributed by atoms with Crippen molar-refractivity contribution in [2.75, 3.05) is 5.32 Å². The first kappa shape index (κ1) is 12.1. The number of nitrogens with zero attached hydrogens (tertiary/aromatic N) is 1. The van der Waals surface area contributed by atoms with E-state index >= 15 is 0 Å². The average molecular weight is 223 g/mol. The molecule has 16 heavy (non-hydrogen) atoms. The molecule has 6 heteroatoms. The van der Waals surface area contributed by atoms with Crippen LogP contribution in [-0.4, -0.2) is 28.0 Å². The van der Waals surface area contributed by atoms with Crippen LogP contribution in [0.2, 0.25) is 0 Å². The van der Waals surface area contributed by atoms with Gasteiger partial charge in [-0.15, -0.1) is 0 Å². The molecule has 1 unspecified atom stereocenters. The van der Waals surface area contributed by atoms with Gasteiger partial charge in [0.1, 0.15) is 0 Å². The van der Waals surface area contributed by atoms with Gasteiger partial charge in [0.25, 0.3) is 0 Å². The fraction of sp³-hybridized carbons (Fsp3) is 0.300. The number of carboxylic acids is 1. The van der Waals surface area contributed by atoms with E-state index in [-0.39, 0.29) is 0 Å². The Morgan fingerprint density at radius 3 is 2.88 bits per heavy atom. The number of aliphatic carboxylic acids is 1. The van der Waals surface area contributed by atoms with Crippen molar-refractivity contribution in [3.63, 3.8) is 0 Å². The molecule has 0 saturated carbocycles. The van der Waals surface area contributed by atoms with Crippen LogP contribution in [0.4, 0.5) is 5.69 Å². The topological polar surface area (TPSA) is 105 Å². The Bertz CT molecular complexity index is 406. The van der Waals surface area contributed by atoms with Gasteiger partial charge in [-0.3, -0.25) is 14.6 Å². The van der Waals surface area contributed by atoms with E-state index in [1.54, 1.807) is 25.3 Å². The van der Waals surface area contributed by atoms with Crippen LogP contribution in [0.3, 0.4) is 0 Å². The molecule has 1 rings (SSSR count). The van der Waals surface area contributed by atoms with Crippen molar-refractivity contribution >= 4 is 17.6 Å². The smallest absolute Gasteiger partial charge is 0.305 e. The summed E-state index contributed by atoms with van der Waals surface area (Å²) in [6, 6.07) is 2.23. The van der Waals surface area contributed by atoms with Gasteiger partial charge in [-0.25, -0.2) is 0 Å². The first-order valence-corrected chi connectivity index (χ1v) is 4.70. The zero-order chi connectivity index (χ0) is 12.1. The molecule has 1 atom stereocenters. The highest BCUT2D eigenvalue weighted by molar-refractivity contribution is 5.96. The van der Waals surface area contributed by atoms with E-state index in [0.29, 0.717) is 5.69 Å². The van der Waals surface area contributed by atoms with E-state index in [1.165, 1.54) is 0 Å². The highest BCUT2D eigenvalue weighted by atomic mass is 16.4. The van der Waals surface area contributed by atoms with Crippen molar-refractivity contribution < 1.29 is 14.7 Å². The molecule has 0 radical (unpaired) electrons. The maximum atomic E-state index is 11.4. The van der Waals surface area contributed by atoms with Crippen LogP contribution >= 0.6 is 0 Å². The quantitative estimate of drug-likeness (QED) is 0.672. The number of carbonyl (C=O) groups is 2.